The monoisotopic (exact) mass is 288 g/mol. The second kappa shape index (κ2) is 4.55. The van der Waals surface area contributed by atoms with Gasteiger partial charge in [-0.05, 0) is 18.1 Å². The molecule has 0 aliphatic carbocycles. The van der Waals surface area contributed by atoms with Crippen molar-refractivity contribution in [3.05, 3.63) is 0 Å². The molecule has 6 heteroatoms. The number of hydrogen-bond donors (Lipinski definition) is 1. The van der Waals surface area contributed by atoms with Gasteiger partial charge in [-0.2, -0.15) is 0 Å². The number of rotatable bonds is 2. The van der Waals surface area contributed by atoms with Crippen LogP contribution in [0.15, 0.2) is 0 Å². The van der Waals surface area contributed by atoms with E-state index in [1.165, 1.54) is 0 Å². The van der Waals surface area contributed by atoms with Crippen molar-refractivity contribution in [3.63, 3.8) is 0 Å². The molecule has 2 aliphatic rings. The van der Waals surface area contributed by atoms with Crippen molar-refractivity contribution in [1.29, 1.82) is 0 Å². The molecule has 2 aliphatic heterocycles. The molecule has 3 atom stereocenters. The van der Waals surface area contributed by atoms with Gasteiger partial charge in [0.05, 0.1) is 13.0 Å². The summed E-state index contributed by atoms with van der Waals surface area (Å²) in [7, 11) is -2.03. The van der Waals surface area contributed by atoms with Crippen LogP contribution in [0.3, 0.4) is 0 Å². The SMILES string of the molecule is CC(C)(C)[Si](C)(C)O[C@H]1[C@H](O)CO[C@@]12COC(=O)C2. The summed E-state index contributed by atoms with van der Waals surface area (Å²) >= 11 is 0. The van der Waals surface area contributed by atoms with Crippen molar-refractivity contribution in [3.8, 4) is 0 Å². The zero-order valence-electron chi connectivity index (χ0n) is 12.4. The van der Waals surface area contributed by atoms with E-state index in [1.54, 1.807) is 0 Å². The summed E-state index contributed by atoms with van der Waals surface area (Å²) in [4.78, 5) is 11.4. The van der Waals surface area contributed by atoms with E-state index in [-0.39, 0.29) is 30.6 Å². The van der Waals surface area contributed by atoms with Crippen LogP contribution in [0.2, 0.25) is 18.1 Å². The van der Waals surface area contributed by atoms with E-state index in [2.05, 4.69) is 33.9 Å². The first kappa shape index (κ1) is 15.0. The Bertz CT molecular complexity index is 376. The lowest BCUT2D eigenvalue weighted by Crippen LogP contribution is -2.54. The molecule has 1 spiro atoms. The van der Waals surface area contributed by atoms with Crippen LogP contribution in [0.25, 0.3) is 0 Å². The third kappa shape index (κ3) is 2.59. The summed E-state index contributed by atoms with van der Waals surface area (Å²) in [5, 5.41) is 10.2. The zero-order chi connectivity index (χ0) is 14.5. The topological polar surface area (TPSA) is 65.0 Å². The molecule has 0 aromatic rings. The van der Waals surface area contributed by atoms with Crippen LogP contribution in [0.5, 0.6) is 0 Å². The highest BCUT2D eigenvalue weighted by atomic mass is 28.4. The third-order valence-corrected chi connectivity index (χ3v) is 9.01. The number of hydrogen-bond acceptors (Lipinski definition) is 5. The van der Waals surface area contributed by atoms with Gasteiger partial charge in [0.2, 0.25) is 0 Å². The fraction of sp³-hybridized carbons (Fsp3) is 0.923. The smallest absolute Gasteiger partial charge is 0.309 e. The van der Waals surface area contributed by atoms with Crippen LogP contribution in [0.4, 0.5) is 0 Å². The zero-order valence-corrected chi connectivity index (χ0v) is 13.4. The Morgan fingerprint density at radius 1 is 1.42 bits per heavy atom. The van der Waals surface area contributed by atoms with Crippen molar-refractivity contribution in [1.82, 2.24) is 0 Å². The van der Waals surface area contributed by atoms with Gasteiger partial charge in [0.15, 0.2) is 8.32 Å². The van der Waals surface area contributed by atoms with Crippen LogP contribution in [0, 0.1) is 0 Å². The Hall–Kier alpha value is -0.433. The molecule has 0 amide bonds. The fourth-order valence-electron chi connectivity index (χ4n) is 2.28. The minimum atomic E-state index is -2.03. The number of esters is 1. The van der Waals surface area contributed by atoms with Crippen LogP contribution in [-0.4, -0.2) is 50.4 Å². The van der Waals surface area contributed by atoms with Gasteiger partial charge in [0, 0.05) is 0 Å². The van der Waals surface area contributed by atoms with Crippen molar-refractivity contribution in [2.24, 2.45) is 0 Å². The Labute approximate surface area is 115 Å². The molecule has 0 aromatic carbocycles. The molecule has 0 aromatic heterocycles. The Morgan fingerprint density at radius 2 is 2.05 bits per heavy atom. The van der Waals surface area contributed by atoms with Crippen molar-refractivity contribution >= 4 is 14.3 Å². The van der Waals surface area contributed by atoms with Crippen LogP contribution in [0.1, 0.15) is 27.2 Å². The van der Waals surface area contributed by atoms with E-state index in [9.17, 15) is 9.90 Å². The maximum Gasteiger partial charge on any atom is 0.309 e. The average molecular weight is 288 g/mol. The summed E-state index contributed by atoms with van der Waals surface area (Å²) in [6, 6.07) is 0. The number of cyclic esters (lactones) is 1. The van der Waals surface area contributed by atoms with Gasteiger partial charge in [-0.15, -0.1) is 0 Å². The molecule has 5 nitrogen and oxygen atoms in total. The number of aliphatic hydroxyl groups excluding tert-OH is 1. The van der Waals surface area contributed by atoms with Gasteiger partial charge in [-0.3, -0.25) is 4.79 Å². The van der Waals surface area contributed by atoms with Crippen LogP contribution in [-0.2, 0) is 18.7 Å². The van der Waals surface area contributed by atoms with Gasteiger partial charge in [0.25, 0.3) is 0 Å². The molecule has 0 radical (unpaired) electrons. The molecule has 110 valence electrons. The average Bonchev–Trinajstić information content (AvgIpc) is 2.76. The summed E-state index contributed by atoms with van der Waals surface area (Å²) in [5.74, 6) is -0.280. The molecule has 1 N–H and O–H groups in total. The van der Waals surface area contributed by atoms with E-state index >= 15 is 0 Å². The Morgan fingerprint density at radius 3 is 2.53 bits per heavy atom. The lowest BCUT2D eigenvalue weighted by atomic mass is 9.95. The number of carbonyl (C=O) groups is 1. The third-order valence-electron chi connectivity index (χ3n) is 4.56. The highest BCUT2D eigenvalue weighted by Gasteiger charge is 2.58. The van der Waals surface area contributed by atoms with Crippen molar-refractivity contribution < 1.29 is 23.8 Å². The maximum absolute atomic E-state index is 11.4. The standard InChI is InChI=1S/C13H24O5Si/c1-12(2,3)19(4,5)18-11-9(14)7-17-13(11)6-10(15)16-8-13/h9,11,14H,6-8H2,1-5H3/t9-,11+,13+/m1/s1. The molecule has 2 rings (SSSR count). The molecule has 19 heavy (non-hydrogen) atoms. The molecule has 0 saturated carbocycles. The molecule has 2 heterocycles. The Kier molecular flexibility index (Phi) is 3.58. The lowest BCUT2D eigenvalue weighted by molar-refractivity contribution is -0.137. The van der Waals surface area contributed by atoms with Crippen LogP contribution < -0.4 is 0 Å². The largest absolute Gasteiger partial charge is 0.462 e. The van der Waals surface area contributed by atoms with E-state index < -0.39 is 26.1 Å². The van der Waals surface area contributed by atoms with Gasteiger partial charge in [0.1, 0.15) is 24.4 Å². The molecule has 0 unspecified atom stereocenters. The predicted molar refractivity (Wildman–Crippen MR) is 72.3 cm³/mol. The normalized spacial score (nSPS) is 36.0. The second-order valence-electron chi connectivity index (χ2n) is 7.08. The summed E-state index contributed by atoms with van der Waals surface area (Å²) in [6.45, 7) is 11.1. The van der Waals surface area contributed by atoms with Gasteiger partial charge in [-0.25, -0.2) is 0 Å². The van der Waals surface area contributed by atoms with Gasteiger partial charge in [-0.1, -0.05) is 20.8 Å². The first-order valence-electron chi connectivity index (χ1n) is 6.73. The van der Waals surface area contributed by atoms with Gasteiger partial charge < -0.3 is 19.0 Å². The minimum absolute atomic E-state index is 0.0416. The molecule has 0 bridgehead atoms. The first-order chi connectivity index (χ1) is 8.57. The predicted octanol–water partition coefficient (Wildman–Crippen LogP) is 1.45. The summed E-state index contributed by atoms with van der Waals surface area (Å²) < 4.78 is 17.0. The Balaban J connectivity index is 2.20. The molecule has 2 saturated heterocycles. The van der Waals surface area contributed by atoms with E-state index in [1.807, 2.05) is 0 Å². The summed E-state index contributed by atoms with van der Waals surface area (Å²) in [6.07, 6.45) is -0.993. The van der Waals surface area contributed by atoms with Crippen molar-refractivity contribution in [2.75, 3.05) is 13.2 Å². The van der Waals surface area contributed by atoms with Crippen molar-refractivity contribution in [2.45, 2.75) is 63.1 Å². The highest BCUT2D eigenvalue weighted by Crippen LogP contribution is 2.43. The molecular weight excluding hydrogens is 264 g/mol. The van der Waals surface area contributed by atoms with Gasteiger partial charge >= 0.3 is 5.97 Å². The van der Waals surface area contributed by atoms with Crippen LogP contribution >= 0.6 is 0 Å². The molecule has 2 fully saturated rings. The number of ether oxygens (including phenoxy) is 2. The number of carbonyl (C=O) groups excluding carboxylic acids is 1. The number of aliphatic hydroxyl groups is 1. The molecular formula is C13H24O5Si. The minimum Gasteiger partial charge on any atom is -0.462 e. The van der Waals surface area contributed by atoms with E-state index in [0.717, 1.165) is 0 Å². The van der Waals surface area contributed by atoms with E-state index in [4.69, 9.17) is 13.9 Å². The summed E-state index contributed by atoms with van der Waals surface area (Å²) in [5.41, 5.74) is -0.786. The fourth-order valence-corrected chi connectivity index (χ4v) is 3.64. The van der Waals surface area contributed by atoms with E-state index in [0.29, 0.717) is 0 Å². The highest BCUT2D eigenvalue weighted by molar-refractivity contribution is 6.74. The maximum atomic E-state index is 11.4. The lowest BCUT2D eigenvalue weighted by Gasteiger charge is -2.41. The first-order valence-corrected chi connectivity index (χ1v) is 9.64. The quantitative estimate of drug-likeness (QED) is 0.615. The second-order valence-corrected chi connectivity index (χ2v) is 11.8.